The summed E-state index contributed by atoms with van der Waals surface area (Å²) in [5, 5.41) is 25.8. The van der Waals surface area contributed by atoms with E-state index in [1.54, 1.807) is 17.3 Å². The van der Waals surface area contributed by atoms with Gasteiger partial charge in [0.15, 0.2) is 0 Å². The fourth-order valence-corrected chi connectivity index (χ4v) is 2.73. The second kappa shape index (κ2) is 9.21. The van der Waals surface area contributed by atoms with E-state index in [2.05, 4.69) is 30.5 Å². The maximum Gasteiger partial charge on any atom is 0.146 e. The molecule has 1 heterocycles. The molecular weight excluding hydrogens is 302 g/mol. The van der Waals surface area contributed by atoms with Crippen molar-refractivity contribution in [2.24, 2.45) is 5.10 Å². The zero-order valence-electron chi connectivity index (χ0n) is 14.8. The largest absolute Gasteiger partial charge is 0.508 e. The molecule has 0 spiro atoms. The Bertz CT molecular complexity index is 596. The third kappa shape index (κ3) is 5.18. The number of phenolic OH excluding ortho intramolecular Hbond substituents is 2. The molecule has 0 unspecified atom stereocenters. The van der Waals surface area contributed by atoms with Crippen molar-refractivity contribution in [2.45, 2.75) is 65.2 Å². The minimum absolute atomic E-state index is 0.00830. The van der Waals surface area contributed by atoms with Gasteiger partial charge in [0.2, 0.25) is 0 Å². The Morgan fingerprint density at radius 1 is 1.00 bits per heavy atom. The summed E-state index contributed by atoms with van der Waals surface area (Å²) in [5.41, 5.74) is 5.97. The minimum Gasteiger partial charge on any atom is -0.508 e. The lowest BCUT2D eigenvalue weighted by atomic mass is 10.1. The summed E-state index contributed by atoms with van der Waals surface area (Å²) in [6.07, 6.45) is 11.0. The van der Waals surface area contributed by atoms with Gasteiger partial charge in [0.1, 0.15) is 17.2 Å². The summed E-state index contributed by atoms with van der Waals surface area (Å²) in [4.78, 5) is 0. The van der Waals surface area contributed by atoms with E-state index in [0.29, 0.717) is 5.69 Å². The molecule has 0 atom stereocenters. The van der Waals surface area contributed by atoms with Crippen LogP contribution in [0.25, 0.3) is 0 Å². The standard InChI is InChI=1S/C19H29N3O2/c1-3-5-7-9-15-13-16(10-8-6-4-2)21-22(20-15)18-12-11-17(23)14-19(18)24/h11-14,20,23-24H,3-10H2,1-2H3. The van der Waals surface area contributed by atoms with E-state index in [1.807, 2.05) is 0 Å². The number of rotatable bonds is 9. The molecule has 0 aromatic heterocycles. The number of unbranched alkanes of at least 4 members (excludes halogenated alkanes) is 4. The van der Waals surface area contributed by atoms with Crippen LogP contribution in [0.2, 0.25) is 0 Å². The van der Waals surface area contributed by atoms with Crippen molar-refractivity contribution in [1.29, 1.82) is 0 Å². The topological polar surface area (TPSA) is 68.1 Å². The Balaban J connectivity index is 2.15. The first kappa shape index (κ1) is 18.2. The number of hydrazine groups is 1. The zero-order chi connectivity index (χ0) is 17.4. The molecule has 3 N–H and O–H groups in total. The fourth-order valence-electron chi connectivity index (χ4n) is 2.73. The first-order valence-electron chi connectivity index (χ1n) is 9.00. The highest BCUT2D eigenvalue weighted by Crippen LogP contribution is 2.31. The van der Waals surface area contributed by atoms with Crippen LogP contribution in [0.1, 0.15) is 65.2 Å². The summed E-state index contributed by atoms with van der Waals surface area (Å²) in [7, 11) is 0. The predicted octanol–water partition coefficient (Wildman–Crippen LogP) is 4.82. The molecule has 1 aliphatic heterocycles. The average molecular weight is 331 g/mol. The van der Waals surface area contributed by atoms with Crippen molar-refractivity contribution in [3.05, 3.63) is 30.0 Å². The smallest absolute Gasteiger partial charge is 0.146 e. The lowest BCUT2D eigenvalue weighted by molar-refractivity contribution is 0.448. The molecule has 0 saturated carbocycles. The molecule has 0 radical (unpaired) electrons. The van der Waals surface area contributed by atoms with E-state index in [4.69, 9.17) is 0 Å². The van der Waals surface area contributed by atoms with Crippen LogP contribution < -0.4 is 10.5 Å². The van der Waals surface area contributed by atoms with Crippen molar-refractivity contribution in [2.75, 3.05) is 5.12 Å². The van der Waals surface area contributed by atoms with Gasteiger partial charge < -0.3 is 10.2 Å². The molecule has 0 fully saturated rings. The highest BCUT2D eigenvalue weighted by atomic mass is 16.3. The Labute approximate surface area is 144 Å². The van der Waals surface area contributed by atoms with Gasteiger partial charge in [-0.3, -0.25) is 5.43 Å². The number of nitrogens with zero attached hydrogens (tertiary/aromatic N) is 2. The van der Waals surface area contributed by atoms with Gasteiger partial charge in [-0.05, 0) is 43.9 Å². The van der Waals surface area contributed by atoms with Crippen molar-refractivity contribution >= 4 is 11.4 Å². The van der Waals surface area contributed by atoms with Gasteiger partial charge in [-0.1, -0.05) is 39.5 Å². The zero-order valence-corrected chi connectivity index (χ0v) is 14.8. The normalized spacial score (nSPS) is 14.2. The lowest BCUT2D eigenvalue weighted by Gasteiger charge is -2.28. The SMILES string of the molecule is CCCCCC1=CC(CCCCC)=NN(c2ccc(O)cc2O)N1. The molecule has 0 saturated heterocycles. The molecule has 132 valence electrons. The quantitative estimate of drug-likeness (QED) is 0.567. The van der Waals surface area contributed by atoms with E-state index in [0.717, 1.165) is 37.1 Å². The maximum atomic E-state index is 10.1. The van der Waals surface area contributed by atoms with E-state index in [1.165, 1.54) is 31.7 Å². The number of phenols is 2. The van der Waals surface area contributed by atoms with Gasteiger partial charge in [0.05, 0.1) is 5.71 Å². The number of allylic oxidation sites excluding steroid dienone is 2. The molecule has 0 bridgehead atoms. The summed E-state index contributed by atoms with van der Waals surface area (Å²) in [6.45, 7) is 4.39. The van der Waals surface area contributed by atoms with E-state index in [9.17, 15) is 10.2 Å². The number of aromatic hydroxyl groups is 2. The molecule has 1 aromatic rings. The van der Waals surface area contributed by atoms with Crippen LogP contribution in [-0.4, -0.2) is 15.9 Å². The van der Waals surface area contributed by atoms with Crippen LogP contribution in [0.5, 0.6) is 11.5 Å². The van der Waals surface area contributed by atoms with Gasteiger partial charge in [-0.15, -0.1) is 0 Å². The molecule has 0 aliphatic carbocycles. The van der Waals surface area contributed by atoms with Gasteiger partial charge >= 0.3 is 0 Å². The first-order chi connectivity index (χ1) is 11.6. The third-order valence-corrected chi connectivity index (χ3v) is 4.09. The molecule has 0 amide bonds. The van der Waals surface area contributed by atoms with Crippen molar-refractivity contribution in [3.8, 4) is 11.5 Å². The summed E-state index contributed by atoms with van der Waals surface area (Å²) in [6, 6.07) is 4.55. The van der Waals surface area contributed by atoms with Crippen LogP contribution in [0.4, 0.5) is 5.69 Å². The molecule has 2 rings (SSSR count). The van der Waals surface area contributed by atoms with Crippen LogP contribution in [-0.2, 0) is 0 Å². The third-order valence-electron chi connectivity index (χ3n) is 4.09. The van der Waals surface area contributed by atoms with Crippen LogP contribution in [0.3, 0.4) is 0 Å². The predicted molar refractivity (Wildman–Crippen MR) is 99.2 cm³/mol. The van der Waals surface area contributed by atoms with Crippen molar-refractivity contribution < 1.29 is 10.2 Å². The number of benzene rings is 1. The number of hydrogen-bond donors (Lipinski definition) is 3. The van der Waals surface area contributed by atoms with Crippen molar-refractivity contribution in [3.63, 3.8) is 0 Å². The van der Waals surface area contributed by atoms with Gasteiger partial charge in [-0.2, -0.15) is 10.2 Å². The molecule has 5 nitrogen and oxygen atoms in total. The highest BCUT2D eigenvalue weighted by Gasteiger charge is 2.17. The second-order valence-electron chi connectivity index (χ2n) is 6.27. The van der Waals surface area contributed by atoms with Gasteiger partial charge in [0, 0.05) is 11.8 Å². The highest BCUT2D eigenvalue weighted by molar-refractivity contribution is 5.96. The molecule has 24 heavy (non-hydrogen) atoms. The average Bonchev–Trinajstić information content (AvgIpc) is 2.55. The number of anilines is 1. The summed E-state index contributed by atoms with van der Waals surface area (Å²) >= 11 is 0. The molecule has 1 aromatic carbocycles. The number of nitrogens with one attached hydrogen (secondary N) is 1. The Kier molecular flexibility index (Phi) is 6.97. The number of hydrazone groups is 1. The van der Waals surface area contributed by atoms with Crippen LogP contribution in [0, 0.1) is 0 Å². The van der Waals surface area contributed by atoms with E-state index in [-0.39, 0.29) is 11.5 Å². The first-order valence-corrected chi connectivity index (χ1v) is 9.00. The van der Waals surface area contributed by atoms with Crippen LogP contribution in [0.15, 0.2) is 35.1 Å². The minimum atomic E-state index is 0.00830. The Morgan fingerprint density at radius 2 is 1.71 bits per heavy atom. The van der Waals surface area contributed by atoms with Gasteiger partial charge in [0.25, 0.3) is 0 Å². The van der Waals surface area contributed by atoms with E-state index < -0.39 is 0 Å². The molecular formula is C19H29N3O2. The maximum absolute atomic E-state index is 10.1. The van der Waals surface area contributed by atoms with Gasteiger partial charge in [-0.25, -0.2) is 0 Å². The van der Waals surface area contributed by atoms with Crippen molar-refractivity contribution in [1.82, 2.24) is 5.43 Å². The Hall–Kier alpha value is -2.17. The Morgan fingerprint density at radius 3 is 2.38 bits per heavy atom. The molecule has 1 aliphatic rings. The monoisotopic (exact) mass is 331 g/mol. The number of hydrogen-bond acceptors (Lipinski definition) is 5. The summed E-state index contributed by atoms with van der Waals surface area (Å²) in [5.74, 6) is 0.0492. The molecule has 5 heteroatoms. The second-order valence-corrected chi connectivity index (χ2v) is 6.27. The van der Waals surface area contributed by atoms with E-state index >= 15 is 0 Å². The summed E-state index contributed by atoms with van der Waals surface area (Å²) < 4.78 is 0. The van der Waals surface area contributed by atoms with Crippen LogP contribution >= 0.6 is 0 Å². The fraction of sp³-hybridized carbons (Fsp3) is 0.526. The lowest BCUT2D eigenvalue weighted by Crippen LogP contribution is -2.37.